The third kappa shape index (κ3) is 5.14. The van der Waals surface area contributed by atoms with Gasteiger partial charge in [0, 0.05) is 13.6 Å². The van der Waals surface area contributed by atoms with E-state index in [4.69, 9.17) is 5.11 Å². The van der Waals surface area contributed by atoms with Crippen LogP contribution in [0.4, 0.5) is 0 Å². The second-order valence-electron chi connectivity index (χ2n) is 6.18. The van der Waals surface area contributed by atoms with Crippen molar-refractivity contribution in [3.8, 4) is 0 Å². The molecule has 0 radical (unpaired) electrons. The Labute approximate surface area is 97.6 Å². The van der Waals surface area contributed by atoms with Crippen molar-refractivity contribution >= 4 is 11.9 Å². The van der Waals surface area contributed by atoms with Crippen molar-refractivity contribution in [1.82, 2.24) is 4.90 Å². The van der Waals surface area contributed by atoms with Crippen molar-refractivity contribution in [3.63, 3.8) is 0 Å². The van der Waals surface area contributed by atoms with E-state index in [1.807, 2.05) is 20.8 Å². The maximum Gasteiger partial charge on any atom is 0.304 e. The van der Waals surface area contributed by atoms with E-state index in [0.717, 1.165) is 0 Å². The largest absolute Gasteiger partial charge is 0.481 e. The van der Waals surface area contributed by atoms with Crippen LogP contribution in [0.1, 0.15) is 41.0 Å². The number of amides is 1. The van der Waals surface area contributed by atoms with Crippen molar-refractivity contribution < 1.29 is 14.7 Å². The average molecular weight is 229 g/mol. The molecular formula is C12H23NO3. The molecular weight excluding hydrogens is 206 g/mol. The highest BCUT2D eigenvalue weighted by Crippen LogP contribution is 2.25. The van der Waals surface area contributed by atoms with E-state index >= 15 is 0 Å². The van der Waals surface area contributed by atoms with Gasteiger partial charge in [-0.05, 0) is 5.41 Å². The lowest BCUT2D eigenvalue weighted by molar-refractivity contribution is -0.148. The summed E-state index contributed by atoms with van der Waals surface area (Å²) >= 11 is 0. The van der Waals surface area contributed by atoms with E-state index in [-0.39, 0.29) is 17.7 Å². The van der Waals surface area contributed by atoms with Crippen LogP contribution in [0.15, 0.2) is 0 Å². The standard InChI is InChI=1S/C12H23NO3/c1-11(2,3)8-13(6)10(16)12(4,5)7-9(14)15/h7-8H2,1-6H3,(H,14,15). The molecule has 0 unspecified atom stereocenters. The summed E-state index contributed by atoms with van der Waals surface area (Å²) < 4.78 is 0. The Balaban J connectivity index is 4.60. The Kier molecular flexibility index (Phi) is 4.53. The van der Waals surface area contributed by atoms with E-state index in [0.29, 0.717) is 6.54 Å². The van der Waals surface area contributed by atoms with Crippen molar-refractivity contribution in [2.75, 3.05) is 13.6 Å². The molecule has 1 amide bonds. The predicted octanol–water partition coefficient (Wildman–Crippen LogP) is 1.99. The number of hydrogen-bond donors (Lipinski definition) is 1. The maximum atomic E-state index is 12.0. The molecule has 1 N–H and O–H groups in total. The Bertz CT molecular complexity index is 276. The molecule has 4 heteroatoms. The smallest absolute Gasteiger partial charge is 0.304 e. The van der Waals surface area contributed by atoms with E-state index in [2.05, 4.69) is 0 Å². The molecule has 0 rings (SSSR count). The fourth-order valence-electron chi connectivity index (χ4n) is 1.75. The number of hydrogen-bond acceptors (Lipinski definition) is 2. The van der Waals surface area contributed by atoms with Crippen LogP contribution in [0.3, 0.4) is 0 Å². The minimum absolute atomic E-state index is 0.0176. The summed E-state index contributed by atoms with van der Waals surface area (Å²) in [6.45, 7) is 10.1. The Morgan fingerprint density at radius 2 is 1.56 bits per heavy atom. The van der Waals surface area contributed by atoms with Gasteiger partial charge in [-0.2, -0.15) is 0 Å². The highest BCUT2D eigenvalue weighted by atomic mass is 16.4. The maximum absolute atomic E-state index is 12.0. The highest BCUT2D eigenvalue weighted by Gasteiger charge is 2.33. The zero-order valence-corrected chi connectivity index (χ0v) is 11.1. The lowest BCUT2D eigenvalue weighted by Gasteiger charge is -2.32. The molecule has 94 valence electrons. The fourth-order valence-corrected chi connectivity index (χ4v) is 1.75. The molecule has 0 heterocycles. The van der Waals surface area contributed by atoms with E-state index in [1.165, 1.54) is 0 Å². The summed E-state index contributed by atoms with van der Waals surface area (Å²) in [4.78, 5) is 24.3. The summed E-state index contributed by atoms with van der Waals surface area (Å²) in [7, 11) is 1.72. The normalized spacial score (nSPS) is 12.4. The van der Waals surface area contributed by atoms with Crippen LogP contribution >= 0.6 is 0 Å². The van der Waals surface area contributed by atoms with E-state index in [9.17, 15) is 9.59 Å². The summed E-state index contributed by atoms with van der Waals surface area (Å²) in [5.74, 6) is -1.06. The molecule has 0 fully saturated rings. The van der Waals surface area contributed by atoms with Gasteiger partial charge in [0.2, 0.25) is 5.91 Å². The molecule has 0 spiro atoms. The summed E-state index contributed by atoms with van der Waals surface area (Å²) in [6, 6.07) is 0. The van der Waals surface area contributed by atoms with Gasteiger partial charge in [0.05, 0.1) is 11.8 Å². The van der Waals surface area contributed by atoms with E-state index in [1.54, 1.807) is 25.8 Å². The molecule has 0 aliphatic carbocycles. The van der Waals surface area contributed by atoms with Crippen molar-refractivity contribution in [2.24, 2.45) is 10.8 Å². The summed E-state index contributed by atoms with van der Waals surface area (Å²) in [5.41, 5.74) is -0.824. The molecule has 0 saturated carbocycles. The number of carboxylic acids is 1. The monoisotopic (exact) mass is 229 g/mol. The second-order valence-corrected chi connectivity index (χ2v) is 6.18. The lowest BCUT2D eigenvalue weighted by Crippen LogP contribution is -2.43. The van der Waals surface area contributed by atoms with Gasteiger partial charge in [-0.3, -0.25) is 9.59 Å². The van der Waals surface area contributed by atoms with Crippen LogP contribution in [0.5, 0.6) is 0 Å². The first kappa shape index (κ1) is 14.9. The molecule has 0 aliphatic rings. The summed E-state index contributed by atoms with van der Waals surface area (Å²) in [5, 5.41) is 8.74. The molecule has 0 atom stereocenters. The number of carbonyl (C=O) groups excluding carboxylic acids is 1. The molecule has 4 nitrogen and oxygen atoms in total. The van der Waals surface area contributed by atoms with Gasteiger partial charge in [-0.15, -0.1) is 0 Å². The van der Waals surface area contributed by atoms with E-state index < -0.39 is 11.4 Å². The van der Waals surface area contributed by atoms with Crippen LogP contribution in [-0.4, -0.2) is 35.5 Å². The Morgan fingerprint density at radius 1 is 1.12 bits per heavy atom. The van der Waals surface area contributed by atoms with Crippen LogP contribution in [0, 0.1) is 10.8 Å². The molecule has 0 aromatic carbocycles. The van der Waals surface area contributed by atoms with Crippen molar-refractivity contribution in [2.45, 2.75) is 41.0 Å². The minimum Gasteiger partial charge on any atom is -0.481 e. The molecule has 0 saturated heterocycles. The third-order valence-corrected chi connectivity index (χ3v) is 2.23. The van der Waals surface area contributed by atoms with Crippen molar-refractivity contribution in [3.05, 3.63) is 0 Å². The first-order valence-electron chi connectivity index (χ1n) is 5.43. The topological polar surface area (TPSA) is 57.6 Å². The molecule has 0 aromatic heterocycles. The van der Waals surface area contributed by atoms with Gasteiger partial charge >= 0.3 is 5.97 Å². The lowest BCUT2D eigenvalue weighted by atomic mass is 9.86. The van der Waals surface area contributed by atoms with Crippen LogP contribution in [-0.2, 0) is 9.59 Å². The van der Waals surface area contributed by atoms with Crippen molar-refractivity contribution in [1.29, 1.82) is 0 Å². The number of rotatable bonds is 4. The summed E-state index contributed by atoms with van der Waals surface area (Å²) in [6.07, 6.45) is -0.139. The van der Waals surface area contributed by atoms with Gasteiger partial charge in [-0.1, -0.05) is 34.6 Å². The number of carbonyl (C=O) groups is 2. The Hall–Kier alpha value is -1.06. The quantitative estimate of drug-likeness (QED) is 0.802. The SMILES string of the molecule is CN(CC(C)(C)C)C(=O)C(C)(C)CC(=O)O. The average Bonchev–Trinajstić information content (AvgIpc) is 1.96. The number of carboxylic acid groups (broad SMARTS) is 1. The molecule has 0 bridgehead atoms. The van der Waals surface area contributed by atoms with Crippen LogP contribution < -0.4 is 0 Å². The number of nitrogens with zero attached hydrogens (tertiary/aromatic N) is 1. The van der Waals surface area contributed by atoms with Gasteiger partial charge in [0.25, 0.3) is 0 Å². The fraction of sp³-hybridized carbons (Fsp3) is 0.833. The van der Waals surface area contributed by atoms with Gasteiger partial charge in [0.15, 0.2) is 0 Å². The zero-order chi connectivity index (χ0) is 13.1. The Morgan fingerprint density at radius 3 is 1.88 bits per heavy atom. The van der Waals surface area contributed by atoms with Crippen LogP contribution in [0.25, 0.3) is 0 Å². The first-order valence-corrected chi connectivity index (χ1v) is 5.43. The zero-order valence-electron chi connectivity index (χ0n) is 11.1. The second kappa shape index (κ2) is 4.85. The highest BCUT2D eigenvalue weighted by molar-refractivity contribution is 5.86. The first-order chi connectivity index (χ1) is 6.96. The third-order valence-electron chi connectivity index (χ3n) is 2.23. The predicted molar refractivity (Wildman–Crippen MR) is 63.1 cm³/mol. The molecule has 0 aromatic rings. The minimum atomic E-state index is -0.942. The van der Waals surface area contributed by atoms with Gasteiger partial charge in [-0.25, -0.2) is 0 Å². The van der Waals surface area contributed by atoms with Gasteiger partial charge in [0.1, 0.15) is 0 Å². The molecule has 0 aliphatic heterocycles. The number of aliphatic carboxylic acids is 1. The van der Waals surface area contributed by atoms with Crippen LogP contribution in [0.2, 0.25) is 0 Å². The van der Waals surface area contributed by atoms with Gasteiger partial charge < -0.3 is 10.0 Å². The molecule has 16 heavy (non-hydrogen) atoms.